The van der Waals surface area contributed by atoms with E-state index in [2.05, 4.69) is 52.9 Å². The molecule has 25 heavy (non-hydrogen) atoms. The van der Waals surface area contributed by atoms with Crippen molar-refractivity contribution in [2.24, 2.45) is 0 Å². The number of anilines is 1. The summed E-state index contributed by atoms with van der Waals surface area (Å²) in [6.07, 6.45) is 0. The Morgan fingerprint density at radius 3 is 2.24 bits per heavy atom. The summed E-state index contributed by atoms with van der Waals surface area (Å²) in [5, 5.41) is 11.3. The van der Waals surface area contributed by atoms with Gasteiger partial charge in [0.1, 0.15) is 0 Å². The quantitative estimate of drug-likeness (QED) is 0.416. The van der Waals surface area contributed by atoms with Crippen molar-refractivity contribution < 1.29 is 4.79 Å². The van der Waals surface area contributed by atoms with E-state index in [9.17, 15) is 4.79 Å². The van der Waals surface area contributed by atoms with E-state index in [0.717, 1.165) is 16.5 Å². The molecule has 4 aromatic rings. The van der Waals surface area contributed by atoms with Crippen molar-refractivity contribution in [3.63, 3.8) is 0 Å². The molecule has 1 aliphatic heterocycles. The van der Waals surface area contributed by atoms with Gasteiger partial charge in [-0.15, -0.1) is 0 Å². The monoisotopic (exact) mass is 322 g/mol. The number of para-hydroxylation sites is 1. The zero-order chi connectivity index (χ0) is 16.8. The van der Waals surface area contributed by atoms with Gasteiger partial charge in [0.2, 0.25) is 5.91 Å². The van der Waals surface area contributed by atoms with Crippen molar-refractivity contribution >= 4 is 45.6 Å². The van der Waals surface area contributed by atoms with Gasteiger partial charge in [-0.3, -0.25) is 4.79 Å². The molecule has 0 fully saturated rings. The summed E-state index contributed by atoms with van der Waals surface area (Å²) in [5.74, 6) is -0.0448. The van der Waals surface area contributed by atoms with Gasteiger partial charge in [0.25, 0.3) is 0 Å². The summed E-state index contributed by atoms with van der Waals surface area (Å²) >= 11 is 0. The molecule has 0 aromatic heterocycles. The lowest BCUT2D eigenvalue weighted by Gasteiger charge is -2.26. The van der Waals surface area contributed by atoms with Gasteiger partial charge in [-0.05, 0) is 39.1 Å². The fourth-order valence-corrected chi connectivity index (χ4v) is 3.68. The zero-order valence-electron chi connectivity index (χ0n) is 13.5. The van der Waals surface area contributed by atoms with Gasteiger partial charge in [-0.2, -0.15) is 0 Å². The Hall–Kier alpha value is -3.27. The average Bonchev–Trinajstić information content (AvgIpc) is 2.67. The maximum absolute atomic E-state index is 12.5. The molecule has 0 spiro atoms. The predicted octanol–water partition coefficient (Wildman–Crippen LogP) is 3.54. The van der Waals surface area contributed by atoms with E-state index >= 15 is 0 Å². The highest BCUT2D eigenvalue weighted by Gasteiger charge is 2.30. The smallest absolute Gasteiger partial charge is 0.405 e. The van der Waals surface area contributed by atoms with Gasteiger partial charge < -0.3 is 10.5 Å². The molecule has 1 amide bonds. The van der Waals surface area contributed by atoms with Crippen LogP contribution in [0.3, 0.4) is 0 Å². The maximum Gasteiger partial charge on any atom is 0.409 e. The first-order valence-corrected chi connectivity index (χ1v) is 8.38. The molecule has 1 heterocycles. The maximum atomic E-state index is 12.5. The highest BCUT2D eigenvalue weighted by atomic mass is 16.1. The molecule has 118 valence electrons. The third-order valence-corrected chi connectivity index (χ3v) is 4.86. The second-order valence-corrected chi connectivity index (χ2v) is 6.33. The van der Waals surface area contributed by atoms with E-state index in [1.165, 1.54) is 16.2 Å². The number of carbonyl (C=O) groups is 1. The Morgan fingerprint density at radius 2 is 1.36 bits per heavy atom. The second kappa shape index (κ2) is 5.38. The van der Waals surface area contributed by atoms with Crippen LogP contribution in [0, 0.1) is 0 Å². The first-order valence-electron chi connectivity index (χ1n) is 8.38. The third kappa shape index (κ3) is 2.18. The summed E-state index contributed by atoms with van der Waals surface area (Å²) in [6.45, 7) is -0.253. The number of amides is 1. The summed E-state index contributed by atoms with van der Waals surface area (Å²) in [6, 6.07) is 26.5. The molecule has 0 unspecified atom stereocenters. The number of benzene rings is 4. The summed E-state index contributed by atoms with van der Waals surface area (Å²) in [4.78, 5) is 12.5. The lowest BCUT2D eigenvalue weighted by atomic mass is 9.64. The van der Waals surface area contributed by atoms with Crippen LogP contribution in [0.5, 0.6) is 0 Å². The first-order chi connectivity index (χ1) is 12.3. The number of rotatable bonds is 1. The van der Waals surface area contributed by atoms with Crippen molar-refractivity contribution in [2.45, 2.75) is 0 Å². The molecule has 0 aliphatic carbocycles. The van der Waals surface area contributed by atoms with E-state index in [0.29, 0.717) is 5.56 Å². The van der Waals surface area contributed by atoms with Gasteiger partial charge in [0.15, 0.2) is 0 Å². The molecule has 4 heteroatoms. The van der Waals surface area contributed by atoms with E-state index in [-0.39, 0.29) is 12.9 Å². The second-order valence-electron chi connectivity index (χ2n) is 6.33. The van der Waals surface area contributed by atoms with Gasteiger partial charge in [0.05, 0.1) is 5.56 Å². The molecule has 5 rings (SSSR count). The van der Waals surface area contributed by atoms with Crippen LogP contribution in [-0.4, -0.2) is 12.9 Å². The zero-order valence-corrected chi connectivity index (χ0v) is 13.5. The standard InChI is InChI=1S/C21H15BN2O/c25-21-18-11-5-6-12-20(18)23-22(24-21)19-13-14-7-1-2-8-15(14)16-9-3-4-10-17(16)19/h1-13,23H,(H,24,25). The Labute approximate surface area is 145 Å². The lowest BCUT2D eigenvalue weighted by Crippen LogP contribution is -2.57. The van der Waals surface area contributed by atoms with Crippen molar-refractivity contribution in [1.29, 1.82) is 0 Å². The molecular formula is C21H15BN2O. The van der Waals surface area contributed by atoms with Crippen molar-refractivity contribution in [1.82, 2.24) is 5.23 Å². The average molecular weight is 322 g/mol. The molecule has 3 nitrogen and oxygen atoms in total. The van der Waals surface area contributed by atoms with Crippen molar-refractivity contribution in [3.8, 4) is 0 Å². The molecule has 0 radical (unpaired) electrons. The van der Waals surface area contributed by atoms with Crippen LogP contribution in [0.25, 0.3) is 21.5 Å². The third-order valence-electron chi connectivity index (χ3n) is 4.86. The summed E-state index contributed by atoms with van der Waals surface area (Å²) < 4.78 is 0. The Bertz CT molecular complexity index is 1140. The largest absolute Gasteiger partial charge is 0.409 e. The Balaban J connectivity index is 1.74. The van der Waals surface area contributed by atoms with Crippen LogP contribution in [0.4, 0.5) is 5.69 Å². The first kappa shape index (κ1) is 14.1. The minimum absolute atomic E-state index is 0.0448. The Kier molecular flexibility index (Phi) is 3.04. The number of fused-ring (bicyclic) bond motifs is 4. The van der Waals surface area contributed by atoms with Crippen LogP contribution < -0.4 is 15.9 Å². The van der Waals surface area contributed by atoms with Gasteiger partial charge in [-0.25, -0.2) is 0 Å². The van der Waals surface area contributed by atoms with Crippen molar-refractivity contribution in [3.05, 3.63) is 84.4 Å². The normalized spacial score (nSPS) is 13.4. The number of hydrogen-bond donors (Lipinski definition) is 2. The van der Waals surface area contributed by atoms with Gasteiger partial charge in [0, 0.05) is 5.69 Å². The number of carbonyl (C=O) groups excluding carboxylic acids is 1. The van der Waals surface area contributed by atoms with E-state index in [4.69, 9.17) is 0 Å². The lowest BCUT2D eigenvalue weighted by molar-refractivity contribution is 0.0979. The van der Waals surface area contributed by atoms with Crippen LogP contribution in [0.1, 0.15) is 10.4 Å². The van der Waals surface area contributed by atoms with E-state index in [1.807, 2.05) is 36.4 Å². The minimum Gasteiger partial charge on any atom is -0.405 e. The molecule has 2 N–H and O–H groups in total. The van der Waals surface area contributed by atoms with E-state index < -0.39 is 0 Å². The molecule has 1 aliphatic rings. The van der Waals surface area contributed by atoms with Crippen LogP contribution in [0.2, 0.25) is 0 Å². The predicted molar refractivity (Wildman–Crippen MR) is 104 cm³/mol. The molecule has 0 atom stereocenters. The molecular weight excluding hydrogens is 307 g/mol. The molecule has 4 aromatic carbocycles. The van der Waals surface area contributed by atoms with E-state index in [1.54, 1.807) is 0 Å². The SMILES string of the molecule is O=C1NB(c2cc3ccccc3c3ccccc23)Nc2ccccc21. The minimum atomic E-state index is -0.253. The van der Waals surface area contributed by atoms with Crippen LogP contribution in [-0.2, 0) is 0 Å². The number of hydrogen-bond acceptors (Lipinski definition) is 2. The fraction of sp³-hybridized carbons (Fsp3) is 0. The highest BCUT2D eigenvalue weighted by molar-refractivity contribution is 6.79. The summed E-state index contributed by atoms with van der Waals surface area (Å²) in [5.41, 5.74) is 2.63. The van der Waals surface area contributed by atoms with Crippen LogP contribution in [0.15, 0.2) is 78.9 Å². The Morgan fingerprint density at radius 1 is 0.680 bits per heavy atom. The summed E-state index contributed by atoms with van der Waals surface area (Å²) in [7, 11) is 0. The molecule has 0 saturated heterocycles. The van der Waals surface area contributed by atoms with Crippen LogP contribution >= 0.6 is 0 Å². The van der Waals surface area contributed by atoms with Gasteiger partial charge in [-0.1, -0.05) is 66.7 Å². The topological polar surface area (TPSA) is 41.1 Å². The fourth-order valence-electron chi connectivity index (χ4n) is 3.68. The highest BCUT2D eigenvalue weighted by Crippen LogP contribution is 2.25. The van der Waals surface area contributed by atoms with Gasteiger partial charge >= 0.3 is 6.98 Å². The number of nitrogens with one attached hydrogen (secondary N) is 2. The molecule has 0 saturated carbocycles. The molecule has 0 bridgehead atoms. The van der Waals surface area contributed by atoms with Crippen molar-refractivity contribution in [2.75, 3.05) is 5.23 Å².